The third-order valence-corrected chi connectivity index (χ3v) is 4.50. The molecule has 1 atom stereocenters. The van der Waals surface area contributed by atoms with Gasteiger partial charge in [0.15, 0.2) is 11.5 Å². The molecule has 1 heterocycles. The van der Waals surface area contributed by atoms with E-state index >= 15 is 0 Å². The molecule has 158 valence electrons. The average molecular weight is 416 g/mol. The van der Waals surface area contributed by atoms with E-state index in [0.29, 0.717) is 22.8 Å². The molecule has 2 N–H and O–H groups in total. The number of hydrogen-bond donors (Lipinski definition) is 2. The van der Waals surface area contributed by atoms with E-state index in [4.69, 9.17) is 18.9 Å². The van der Waals surface area contributed by atoms with Gasteiger partial charge in [-0.3, -0.25) is 0 Å². The van der Waals surface area contributed by atoms with Crippen LogP contribution >= 0.6 is 0 Å². The van der Waals surface area contributed by atoms with E-state index in [1.807, 2.05) is 0 Å². The molecular formula is C21H21FN2O6. The molecule has 1 aliphatic heterocycles. The molecule has 0 unspecified atom stereocenters. The predicted octanol–water partition coefficient (Wildman–Crippen LogP) is 2.70. The number of carbonyl (C=O) groups excluding carboxylic acids is 2. The molecule has 1 aliphatic rings. The summed E-state index contributed by atoms with van der Waals surface area (Å²) in [6, 6.07) is 9.11. The Labute approximate surface area is 172 Å². The molecule has 0 saturated carbocycles. The van der Waals surface area contributed by atoms with Crippen LogP contribution in [0.1, 0.15) is 11.6 Å². The number of ether oxygens (including phenoxy) is 4. The Hall–Kier alpha value is -3.75. The lowest BCUT2D eigenvalue weighted by Crippen LogP contribution is -2.47. The summed E-state index contributed by atoms with van der Waals surface area (Å²) >= 11 is 0. The Balaban J connectivity index is 1.98. The third kappa shape index (κ3) is 4.45. The number of esters is 1. The fourth-order valence-electron chi connectivity index (χ4n) is 3.05. The van der Waals surface area contributed by atoms with Crippen molar-refractivity contribution in [3.63, 3.8) is 0 Å². The second-order valence-electron chi connectivity index (χ2n) is 6.27. The first-order valence-electron chi connectivity index (χ1n) is 8.96. The van der Waals surface area contributed by atoms with E-state index in [2.05, 4.69) is 10.6 Å². The van der Waals surface area contributed by atoms with Crippen molar-refractivity contribution in [1.29, 1.82) is 0 Å². The molecule has 0 spiro atoms. The number of halogens is 1. The van der Waals surface area contributed by atoms with Crippen LogP contribution in [0.4, 0.5) is 9.18 Å². The maximum absolute atomic E-state index is 13.1. The Morgan fingerprint density at radius 2 is 1.73 bits per heavy atom. The fourth-order valence-corrected chi connectivity index (χ4v) is 3.05. The maximum Gasteiger partial charge on any atom is 0.338 e. The molecule has 2 aromatic rings. The first-order valence-corrected chi connectivity index (χ1v) is 8.96. The topological polar surface area (TPSA) is 95.1 Å². The van der Waals surface area contributed by atoms with Crippen molar-refractivity contribution in [3.8, 4) is 17.2 Å². The second-order valence-corrected chi connectivity index (χ2v) is 6.27. The smallest absolute Gasteiger partial charge is 0.338 e. The van der Waals surface area contributed by atoms with Gasteiger partial charge < -0.3 is 29.6 Å². The number of nitrogens with one attached hydrogen (secondary N) is 2. The molecule has 0 bridgehead atoms. The molecule has 2 aromatic carbocycles. The number of rotatable bonds is 7. The van der Waals surface area contributed by atoms with Crippen LogP contribution in [-0.4, -0.2) is 39.9 Å². The number of amides is 2. The van der Waals surface area contributed by atoms with Crippen molar-refractivity contribution in [2.24, 2.45) is 0 Å². The van der Waals surface area contributed by atoms with Crippen LogP contribution in [0.15, 0.2) is 53.7 Å². The zero-order valence-corrected chi connectivity index (χ0v) is 16.7. The minimum absolute atomic E-state index is 0.132. The molecule has 2 amide bonds. The summed E-state index contributed by atoms with van der Waals surface area (Å²) in [5.74, 6) is 0.283. The van der Waals surface area contributed by atoms with Gasteiger partial charge in [-0.25, -0.2) is 14.0 Å². The summed E-state index contributed by atoms with van der Waals surface area (Å²) in [4.78, 5) is 24.8. The summed E-state index contributed by atoms with van der Waals surface area (Å²) in [6.45, 7) is -0.132. The molecular weight excluding hydrogens is 395 g/mol. The quantitative estimate of drug-likeness (QED) is 0.674. The molecule has 0 fully saturated rings. The molecule has 8 nitrogen and oxygen atoms in total. The van der Waals surface area contributed by atoms with Gasteiger partial charge in [-0.15, -0.1) is 0 Å². The second kappa shape index (κ2) is 9.17. The van der Waals surface area contributed by atoms with Gasteiger partial charge in [0.25, 0.3) is 0 Å². The van der Waals surface area contributed by atoms with Gasteiger partial charge in [-0.05, 0) is 42.0 Å². The van der Waals surface area contributed by atoms with Crippen LogP contribution in [0.3, 0.4) is 0 Å². The highest BCUT2D eigenvalue weighted by molar-refractivity contribution is 5.95. The van der Waals surface area contributed by atoms with E-state index in [1.54, 1.807) is 18.2 Å². The van der Waals surface area contributed by atoms with Crippen LogP contribution in [0.25, 0.3) is 0 Å². The average Bonchev–Trinajstić information content (AvgIpc) is 2.77. The molecule has 0 saturated heterocycles. The van der Waals surface area contributed by atoms with Crippen LogP contribution in [0.2, 0.25) is 0 Å². The highest BCUT2D eigenvalue weighted by Crippen LogP contribution is 2.34. The van der Waals surface area contributed by atoms with Gasteiger partial charge in [-0.1, -0.05) is 6.07 Å². The van der Waals surface area contributed by atoms with Crippen LogP contribution < -0.4 is 24.8 Å². The lowest BCUT2D eigenvalue weighted by Gasteiger charge is -2.29. The first kappa shape index (κ1) is 21.0. The van der Waals surface area contributed by atoms with Crippen molar-refractivity contribution in [2.75, 3.05) is 27.9 Å². The highest BCUT2D eigenvalue weighted by atomic mass is 19.1. The highest BCUT2D eigenvalue weighted by Gasteiger charge is 2.34. The minimum Gasteiger partial charge on any atom is -0.493 e. The number of benzene rings is 2. The Bertz CT molecular complexity index is 974. The molecule has 9 heteroatoms. The van der Waals surface area contributed by atoms with Crippen LogP contribution in [0.5, 0.6) is 17.2 Å². The summed E-state index contributed by atoms with van der Waals surface area (Å²) in [5, 5.41) is 5.30. The standard InChI is InChI=1S/C21H21FN2O6/c1-27-16-9-4-12(10-17(16)28-2)19-18(20(25)29-3)15(23-21(26)24-19)11-30-14-7-5-13(22)6-8-14/h4-10,19H,11H2,1-3H3,(H2,23,24,26)/t19-/m0/s1. The number of methoxy groups -OCH3 is 3. The van der Waals surface area contributed by atoms with Crippen molar-refractivity contribution in [3.05, 3.63) is 65.1 Å². The normalized spacial score (nSPS) is 15.7. The lowest BCUT2D eigenvalue weighted by atomic mass is 9.95. The van der Waals surface area contributed by atoms with Crippen molar-refractivity contribution in [1.82, 2.24) is 10.6 Å². The fraction of sp³-hybridized carbons (Fsp3) is 0.238. The number of carbonyl (C=O) groups is 2. The van der Waals surface area contributed by atoms with Gasteiger partial charge in [0.2, 0.25) is 0 Å². The van der Waals surface area contributed by atoms with E-state index < -0.39 is 23.9 Å². The largest absolute Gasteiger partial charge is 0.493 e. The first-order chi connectivity index (χ1) is 14.5. The number of urea groups is 1. The van der Waals surface area contributed by atoms with Gasteiger partial charge in [-0.2, -0.15) is 0 Å². The van der Waals surface area contributed by atoms with E-state index in [9.17, 15) is 14.0 Å². The predicted molar refractivity (Wildman–Crippen MR) is 105 cm³/mol. The summed E-state index contributed by atoms with van der Waals surface area (Å²) in [6.07, 6.45) is 0. The van der Waals surface area contributed by atoms with E-state index in [-0.39, 0.29) is 17.9 Å². The van der Waals surface area contributed by atoms with Crippen molar-refractivity contribution >= 4 is 12.0 Å². The SMILES string of the molecule is COC(=O)C1=C(COc2ccc(F)cc2)NC(=O)N[C@H]1c1ccc(OC)c(OC)c1. The van der Waals surface area contributed by atoms with Gasteiger partial charge in [0.05, 0.1) is 38.6 Å². The molecule has 0 radical (unpaired) electrons. The van der Waals surface area contributed by atoms with E-state index in [0.717, 1.165) is 0 Å². The molecule has 0 aliphatic carbocycles. The van der Waals surface area contributed by atoms with Crippen molar-refractivity contribution < 1.29 is 32.9 Å². The summed E-state index contributed by atoms with van der Waals surface area (Å²) in [5.41, 5.74) is 0.989. The summed E-state index contributed by atoms with van der Waals surface area (Å²) in [7, 11) is 4.24. The lowest BCUT2D eigenvalue weighted by molar-refractivity contribution is -0.136. The van der Waals surface area contributed by atoms with E-state index in [1.165, 1.54) is 45.6 Å². The molecule has 3 rings (SSSR count). The van der Waals surface area contributed by atoms with Crippen LogP contribution in [-0.2, 0) is 9.53 Å². The summed E-state index contributed by atoms with van der Waals surface area (Å²) < 4.78 is 34.2. The van der Waals surface area contributed by atoms with Gasteiger partial charge in [0, 0.05) is 0 Å². The number of hydrogen-bond acceptors (Lipinski definition) is 6. The van der Waals surface area contributed by atoms with Gasteiger partial charge >= 0.3 is 12.0 Å². The molecule has 0 aromatic heterocycles. The molecule has 30 heavy (non-hydrogen) atoms. The third-order valence-electron chi connectivity index (χ3n) is 4.50. The zero-order chi connectivity index (χ0) is 21.7. The Morgan fingerprint density at radius 3 is 2.37 bits per heavy atom. The van der Waals surface area contributed by atoms with Crippen LogP contribution in [0, 0.1) is 5.82 Å². The zero-order valence-electron chi connectivity index (χ0n) is 16.7. The monoisotopic (exact) mass is 416 g/mol. The van der Waals surface area contributed by atoms with Gasteiger partial charge in [0.1, 0.15) is 18.2 Å². The Kier molecular flexibility index (Phi) is 6.41. The maximum atomic E-state index is 13.1. The Morgan fingerprint density at radius 1 is 1.03 bits per heavy atom. The minimum atomic E-state index is -0.808. The van der Waals surface area contributed by atoms with Crippen molar-refractivity contribution in [2.45, 2.75) is 6.04 Å².